The predicted molar refractivity (Wildman–Crippen MR) is 70.4 cm³/mol. The van der Waals surface area contributed by atoms with Crippen molar-refractivity contribution in [3.8, 4) is 11.3 Å². The van der Waals surface area contributed by atoms with Crippen LogP contribution in [0.5, 0.6) is 0 Å². The standard InChI is InChI=1S/C16H11O/c1-2-12-7-3-5-9-14(12)16-11-13-8-4-6-10-15(13)17-16/h1-11H. The summed E-state index contributed by atoms with van der Waals surface area (Å²) in [4.78, 5) is 0. The van der Waals surface area contributed by atoms with Crippen molar-refractivity contribution in [2.45, 2.75) is 0 Å². The normalized spacial score (nSPS) is 10.6. The molecule has 0 spiro atoms. The molecule has 0 bridgehead atoms. The molecule has 0 unspecified atom stereocenters. The monoisotopic (exact) mass is 219 g/mol. The molecule has 3 rings (SSSR count). The largest absolute Gasteiger partial charge is 0.456 e. The molecule has 1 nitrogen and oxygen atoms in total. The van der Waals surface area contributed by atoms with Gasteiger partial charge in [0.2, 0.25) is 0 Å². The molecule has 1 radical (unpaired) electrons. The van der Waals surface area contributed by atoms with Gasteiger partial charge in [-0.1, -0.05) is 55.1 Å². The van der Waals surface area contributed by atoms with Gasteiger partial charge in [-0.3, -0.25) is 0 Å². The lowest BCUT2D eigenvalue weighted by molar-refractivity contribution is 0.631. The van der Waals surface area contributed by atoms with Gasteiger partial charge in [-0.15, -0.1) is 0 Å². The number of rotatable bonds is 2. The quantitative estimate of drug-likeness (QED) is 0.616. The predicted octanol–water partition coefficient (Wildman–Crippen LogP) is 4.55. The Morgan fingerprint density at radius 1 is 0.941 bits per heavy atom. The first-order valence-corrected chi connectivity index (χ1v) is 5.51. The van der Waals surface area contributed by atoms with Crippen molar-refractivity contribution in [1.29, 1.82) is 0 Å². The second-order valence-electron chi connectivity index (χ2n) is 3.90. The zero-order chi connectivity index (χ0) is 11.7. The highest BCUT2D eigenvalue weighted by Crippen LogP contribution is 2.30. The lowest BCUT2D eigenvalue weighted by Crippen LogP contribution is -1.78. The Morgan fingerprint density at radius 2 is 1.71 bits per heavy atom. The number of hydrogen-bond donors (Lipinski definition) is 0. The molecular formula is C16H11O. The van der Waals surface area contributed by atoms with Gasteiger partial charge in [0, 0.05) is 10.9 Å². The molecule has 0 aliphatic carbocycles. The summed E-state index contributed by atoms with van der Waals surface area (Å²) in [5.41, 5.74) is 2.90. The summed E-state index contributed by atoms with van der Waals surface area (Å²) < 4.78 is 5.82. The van der Waals surface area contributed by atoms with Gasteiger partial charge >= 0.3 is 0 Å². The van der Waals surface area contributed by atoms with E-state index in [0.29, 0.717) is 0 Å². The number of fused-ring (bicyclic) bond motifs is 1. The molecule has 0 atom stereocenters. The third-order valence-corrected chi connectivity index (χ3v) is 2.83. The van der Waals surface area contributed by atoms with Gasteiger partial charge in [0.1, 0.15) is 11.3 Å². The van der Waals surface area contributed by atoms with Gasteiger partial charge in [-0.2, -0.15) is 0 Å². The van der Waals surface area contributed by atoms with E-state index in [-0.39, 0.29) is 0 Å². The molecule has 0 saturated heterocycles. The number of hydrogen-bond acceptors (Lipinski definition) is 1. The molecule has 3 aromatic rings. The van der Waals surface area contributed by atoms with Crippen LogP contribution in [0.3, 0.4) is 0 Å². The van der Waals surface area contributed by atoms with E-state index in [0.717, 1.165) is 27.9 Å². The third kappa shape index (κ3) is 1.66. The summed E-state index contributed by atoms with van der Waals surface area (Å²) in [6.45, 7) is 5.62. The molecule has 1 heteroatoms. The first-order valence-electron chi connectivity index (χ1n) is 5.51. The molecule has 2 aromatic carbocycles. The van der Waals surface area contributed by atoms with Crippen molar-refractivity contribution >= 4 is 17.0 Å². The number of furan rings is 1. The Labute approximate surface area is 100 Å². The first-order chi connectivity index (χ1) is 8.38. The highest BCUT2D eigenvalue weighted by molar-refractivity contribution is 5.84. The maximum absolute atomic E-state index is 5.82. The molecule has 1 heterocycles. The van der Waals surface area contributed by atoms with Crippen LogP contribution in [0.25, 0.3) is 28.4 Å². The Kier molecular flexibility index (Phi) is 2.30. The number of para-hydroxylation sites is 1. The van der Waals surface area contributed by atoms with Gasteiger partial charge in [0.15, 0.2) is 0 Å². The van der Waals surface area contributed by atoms with Gasteiger partial charge in [-0.05, 0) is 17.7 Å². The van der Waals surface area contributed by atoms with E-state index in [2.05, 4.69) is 0 Å². The molecule has 0 aliphatic rings. The number of benzene rings is 2. The zero-order valence-electron chi connectivity index (χ0n) is 9.26. The lowest BCUT2D eigenvalue weighted by atomic mass is 10.1. The summed E-state index contributed by atoms with van der Waals surface area (Å²) >= 11 is 0. The van der Waals surface area contributed by atoms with Crippen LogP contribution in [-0.2, 0) is 0 Å². The van der Waals surface area contributed by atoms with Crippen LogP contribution in [0.15, 0.2) is 59.0 Å². The van der Waals surface area contributed by atoms with Gasteiger partial charge in [0.05, 0.1) is 0 Å². The van der Waals surface area contributed by atoms with Crippen LogP contribution in [0.4, 0.5) is 0 Å². The van der Waals surface area contributed by atoms with Gasteiger partial charge in [0.25, 0.3) is 0 Å². The van der Waals surface area contributed by atoms with Crippen LogP contribution >= 0.6 is 0 Å². The van der Waals surface area contributed by atoms with Crippen molar-refractivity contribution in [2.24, 2.45) is 0 Å². The molecule has 81 valence electrons. The fourth-order valence-corrected chi connectivity index (χ4v) is 1.98. The minimum Gasteiger partial charge on any atom is -0.456 e. The van der Waals surface area contributed by atoms with Crippen LogP contribution in [0, 0.1) is 6.58 Å². The molecular weight excluding hydrogens is 208 g/mol. The fraction of sp³-hybridized carbons (Fsp3) is 0. The second kappa shape index (κ2) is 3.95. The molecule has 0 N–H and O–H groups in total. The Bertz CT molecular complexity index is 644. The molecule has 0 saturated carbocycles. The molecule has 0 aliphatic heterocycles. The summed E-state index contributed by atoms with van der Waals surface area (Å²) in [6.07, 6.45) is 1.60. The molecule has 0 amide bonds. The van der Waals surface area contributed by atoms with Crippen molar-refractivity contribution in [3.05, 3.63) is 66.7 Å². The fourth-order valence-electron chi connectivity index (χ4n) is 1.98. The van der Waals surface area contributed by atoms with Crippen molar-refractivity contribution < 1.29 is 4.42 Å². The lowest BCUT2D eigenvalue weighted by Gasteiger charge is -2.01. The van der Waals surface area contributed by atoms with Crippen LogP contribution in [0.1, 0.15) is 5.56 Å². The molecule has 0 fully saturated rings. The van der Waals surface area contributed by atoms with Crippen LogP contribution in [-0.4, -0.2) is 0 Å². The van der Waals surface area contributed by atoms with Crippen molar-refractivity contribution in [1.82, 2.24) is 0 Å². The smallest absolute Gasteiger partial charge is 0.136 e. The Balaban J connectivity index is 2.23. The van der Waals surface area contributed by atoms with Crippen LogP contribution in [0.2, 0.25) is 0 Å². The van der Waals surface area contributed by atoms with E-state index in [1.165, 1.54) is 0 Å². The average Bonchev–Trinajstić information content (AvgIpc) is 2.82. The van der Waals surface area contributed by atoms with E-state index < -0.39 is 0 Å². The van der Waals surface area contributed by atoms with Gasteiger partial charge in [-0.25, -0.2) is 0 Å². The van der Waals surface area contributed by atoms with Crippen molar-refractivity contribution in [3.63, 3.8) is 0 Å². The topological polar surface area (TPSA) is 13.1 Å². The van der Waals surface area contributed by atoms with E-state index in [9.17, 15) is 0 Å². The molecule has 17 heavy (non-hydrogen) atoms. The maximum Gasteiger partial charge on any atom is 0.136 e. The second-order valence-corrected chi connectivity index (χ2v) is 3.90. The zero-order valence-corrected chi connectivity index (χ0v) is 9.26. The third-order valence-electron chi connectivity index (χ3n) is 2.83. The highest BCUT2D eigenvalue weighted by Gasteiger charge is 2.07. The Morgan fingerprint density at radius 3 is 2.53 bits per heavy atom. The summed E-state index contributed by atoms with van der Waals surface area (Å²) in [6, 6.07) is 17.9. The van der Waals surface area contributed by atoms with E-state index in [1.54, 1.807) is 6.08 Å². The van der Waals surface area contributed by atoms with E-state index >= 15 is 0 Å². The summed E-state index contributed by atoms with van der Waals surface area (Å²) in [5, 5.41) is 1.11. The van der Waals surface area contributed by atoms with Gasteiger partial charge < -0.3 is 4.42 Å². The van der Waals surface area contributed by atoms with Crippen LogP contribution < -0.4 is 0 Å². The first kappa shape index (κ1) is 9.91. The minimum atomic E-state index is 0.850. The van der Waals surface area contributed by atoms with Crippen molar-refractivity contribution in [2.75, 3.05) is 0 Å². The Hall–Kier alpha value is -2.28. The van der Waals surface area contributed by atoms with E-state index in [1.807, 2.05) is 54.6 Å². The SMILES string of the molecule is [CH]=Cc1ccccc1-c1cc2ccccc2o1. The minimum absolute atomic E-state index is 0.850. The summed E-state index contributed by atoms with van der Waals surface area (Å²) in [5.74, 6) is 0.850. The van der Waals surface area contributed by atoms with E-state index in [4.69, 9.17) is 11.0 Å². The highest BCUT2D eigenvalue weighted by atomic mass is 16.3. The molecule has 1 aromatic heterocycles. The average molecular weight is 219 g/mol. The maximum atomic E-state index is 5.82. The summed E-state index contributed by atoms with van der Waals surface area (Å²) in [7, 11) is 0.